The third-order valence-electron chi connectivity index (χ3n) is 5.68. The van der Waals surface area contributed by atoms with Crippen molar-refractivity contribution in [2.75, 3.05) is 18.0 Å². The molecule has 2 fully saturated rings. The van der Waals surface area contributed by atoms with Gasteiger partial charge in [0.25, 0.3) is 11.6 Å². The number of nitro benzene ring substituents is 1. The normalized spacial score (nSPS) is 23.2. The van der Waals surface area contributed by atoms with Crippen molar-refractivity contribution in [1.29, 1.82) is 0 Å². The Kier molecular flexibility index (Phi) is 5.62. The number of anilines is 1. The second kappa shape index (κ2) is 7.94. The van der Waals surface area contributed by atoms with Crippen LogP contribution < -0.4 is 10.2 Å². The maximum absolute atomic E-state index is 12.5. The molecule has 0 spiro atoms. The van der Waals surface area contributed by atoms with Crippen molar-refractivity contribution >= 4 is 23.3 Å². The number of carboxylic acids is 1. The molecule has 0 bridgehead atoms. The highest BCUT2D eigenvalue weighted by Gasteiger charge is 2.31. The van der Waals surface area contributed by atoms with Gasteiger partial charge in [-0.05, 0) is 50.2 Å². The fraction of sp³-hybridized carbons (Fsp3) is 0.579. The average Bonchev–Trinajstić information content (AvgIpc) is 3.10. The van der Waals surface area contributed by atoms with E-state index < -0.39 is 22.7 Å². The summed E-state index contributed by atoms with van der Waals surface area (Å²) in [5.41, 5.74) is 0.719. The Morgan fingerprint density at radius 1 is 1.22 bits per heavy atom. The van der Waals surface area contributed by atoms with Crippen LogP contribution in [-0.4, -0.2) is 41.0 Å². The molecule has 2 N–H and O–H groups in total. The van der Waals surface area contributed by atoms with Gasteiger partial charge in [-0.15, -0.1) is 0 Å². The van der Waals surface area contributed by atoms with Crippen LogP contribution in [0, 0.1) is 22.0 Å². The fourth-order valence-electron chi connectivity index (χ4n) is 3.93. The maximum atomic E-state index is 12.5. The van der Waals surface area contributed by atoms with E-state index in [1.807, 2.05) is 4.90 Å². The summed E-state index contributed by atoms with van der Waals surface area (Å²) in [5, 5.41) is 23.4. The molecule has 146 valence electrons. The number of carbonyl (C=O) groups is 2. The summed E-state index contributed by atoms with van der Waals surface area (Å²) in [6, 6.07) is 4.38. The molecule has 8 heteroatoms. The highest BCUT2D eigenvalue weighted by Crippen LogP contribution is 2.32. The van der Waals surface area contributed by atoms with Gasteiger partial charge in [0.05, 0.1) is 10.8 Å². The van der Waals surface area contributed by atoms with Gasteiger partial charge in [-0.25, -0.2) is 0 Å². The molecule has 3 rings (SSSR count). The number of hydrogen-bond donors (Lipinski definition) is 2. The molecule has 8 nitrogen and oxygen atoms in total. The number of carbonyl (C=O) groups excluding carboxylic acids is 1. The second-order valence-electron chi connectivity index (χ2n) is 7.65. The highest BCUT2D eigenvalue weighted by molar-refractivity contribution is 5.96. The van der Waals surface area contributed by atoms with Gasteiger partial charge in [-0.3, -0.25) is 19.7 Å². The van der Waals surface area contributed by atoms with Crippen molar-refractivity contribution in [3.63, 3.8) is 0 Å². The third-order valence-corrected chi connectivity index (χ3v) is 5.68. The lowest BCUT2D eigenvalue weighted by Gasteiger charge is -2.31. The van der Waals surface area contributed by atoms with Gasteiger partial charge >= 0.3 is 5.97 Å². The van der Waals surface area contributed by atoms with E-state index in [0.717, 1.165) is 25.9 Å². The SMILES string of the molecule is CC1CCN(c2ccc(C(=O)N[C@@H]3CC[C@H](C(=O)O)C3)cc2[N+](=O)[O-])CC1. The van der Waals surface area contributed by atoms with Gasteiger partial charge < -0.3 is 15.3 Å². The molecule has 1 aliphatic heterocycles. The molecule has 1 amide bonds. The van der Waals surface area contributed by atoms with Gasteiger partial charge in [-0.2, -0.15) is 0 Å². The summed E-state index contributed by atoms with van der Waals surface area (Å²) in [6.45, 7) is 3.72. The third kappa shape index (κ3) is 4.37. The van der Waals surface area contributed by atoms with E-state index in [2.05, 4.69) is 12.2 Å². The molecule has 1 aromatic carbocycles. The van der Waals surface area contributed by atoms with E-state index in [1.54, 1.807) is 12.1 Å². The number of piperidine rings is 1. The molecule has 0 unspecified atom stereocenters. The smallest absolute Gasteiger partial charge is 0.306 e. The molecular formula is C19H25N3O5. The molecule has 1 saturated heterocycles. The molecule has 1 aliphatic carbocycles. The zero-order valence-corrected chi connectivity index (χ0v) is 15.4. The van der Waals surface area contributed by atoms with Crippen molar-refractivity contribution in [3.8, 4) is 0 Å². The van der Waals surface area contributed by atoms with Crippen molar-refractivity contribution in [2.45, 2.75) is 45.1 Å². The van der Waals surface area contributed by atoms with Crippen LogP contribution in [0.2, 0.25) is 0 Å². The van der Waals surface area contributed by atoms with Crippen molar-refractivity contribution in [3.05, 3.63) is 33.9 Å². The number of benzene rings is 1. The fourth-order valence-corrected chi connectivity index (χ4v) is 3.93. The monoisotopic (exact) mass is 375 g/mol. The summed E-state index contributed by atoms with van der Waals surface area (Å²) in [4.78, 5) is 36.6. The number of amides is 1. The van der Waals surface area contributed by atoms with Gasteiger partial charge in [0.2, 0.25) is 0 Å². The lowest BCUT2D eigenvalue weighted by molar-refractivity contribution is -0.384. The first-order valence-electron chi connectivity index (χ1n) is 9.42. The van der Waals surface area contributed by atoms with Crippen LogP contribution in [0.3, 0.4) is 0 Å². The van der Waals surface area contributed by atoms with Gasteiger partial charge in [0, 0.05) is 30.8 Å². The van der Waals surface area contributed by atoms with Crippen LogP contribution in [0.15, 0.2) is 18.2 Å². The molecular weight excluding hydrogens is 350 g/mol. The first-order chi connectivity index (χ1) is 12.8. The van der Waals surface area contributed by atoms with E-state index in [0.29, 0.717) is 30.9 Å². The molecule has 0 aromatic heterocycles. The van der Waals surface area contributed by atoms with Crippen LogP contribution in [0.5, 0.6) is 0 Å². The predicted octanol–water partition coefficient (Wildman–Crippen LogP) is 2.81. The zero-order valence-electron chi connectivity index (χ0n) is 15.4. The Morgan fingerprint density at radius 3 is 2.52 bits per heavy atom. The standard InChI is InChI=1S/C19H25N3O5/c1-12-6-8-21(9-7-12)16-5-3-13(11-17(16)22(26)27)18(23)20-15-4-2-14(10-15)19(24)25/h3,5,11-12,14-15H,2,4,6-10H2,1H3,(H,20,23)(H,24,25)/t14-,15+/m0/s1. The van der Waals surface area contributed by atoms with Crippen LogP contribution in [0.1, 0.15) is 49.4 Å². The van der Waals surface area contributed by atoms with Crippen LogP contribution in [-0.2, 0) is 4.79 Å². The lowest BCUT2D eigenvalue weighted by atomic mass is 9.98. The Morgan fingerprint density at radius 2 is 1.93 bits per heavy atom. The summed E-state index contributed by atoms with van der Waals surface area (Å²) < 4.78 is 0. The topological polar surface area (TPSA) is 113 Å². The maximum Gasteiger partial charge on any atom is 0.306 e. The molecule has 1 saturated carbocycles. The number of nitrogens with one attached hydrogen (secondary N) is 1. The Balaban J connectivity index is 1.73. The average molecular weight is 375 g/mol. The quantitative estimate of drug-likeness (QED) is 0.604. The summed E-state index contributed by atoms with van der Waals surface area (Å²) in [6.07, 6.45) is 3.52. The molecule has 2 aliphatic rings. The predicted molar refractivity (Wildman–Crippen MR) is 99.9 cm³/mol. The Labute approximate surface area is 157 Å². The zero-order chi connectivity index (χ0) is 19.6. The molecule has 1 heterocycles. The number of aliphatic carboxylic acids is 1. The largest absolute Gasteiger partial charge is 0.481 e. The van der Waals surface area contributed by atoms with Crippen molar-refractivity contribution < 1.29 is 19.6 Å². The van der Waals surface area contributed by atoms with Gasteiger partial charge in [0.1, 0.15) is 5.69 Å². The van der Waals surface area contributed by atoms with Crippen LogP contribution in [0.4, 0.5) is 11.4 Å². The number of hydrogen-bond acceptors (Lipinski definition) is 5. The first-order valence-corrected chi connectivity index (χ1v) is 9.42. The van der Waals surface area contributed by atoms with Crippen molar-refractivity contribution in [1.82, 2.24) is 5.32 Å². The highest BCUT2D eigenvalue weighted by atomic mass is 16.6. The Hall–Kier alpha value is -2.64. The molecule has 1 aromatic rings. The lowest BCUT2D eigenvalue weighted by Crippen LogP contribution is -2.34. The van der Waals surface area contributed by atoms with Crippen molar-refractivity contribution in [2.24, 2.45) is 11.8 Å². The number of carboxylic acid groups (broad SMARTS) is 1. The van der Waals surface area contributed by atoms with Gasteiger partial charge in [0.15, 0.2) is 0 Å². The second-order valence-corrected chi connectivity index (χ2v) is 7.65. The number of rotatable bonds is 5. The van der Waals surface area contributed by atoms with E-state index in [9.17, 15) is 19.7 Å². The minimum atomic E-state index is -0.845. The molecule has 0 radical (unpaired) electrons. The summed E-state index contributed by atoms with van der Waals surface area (Å²) >= 11 is 0. The minimum Gasteiger partial charge on any atom is -0.481 e. The van der Waals surface area contributed by atoms with E-state index in [4.69, 9.17) is 5.11 Å². The van der Waals surface area contributed by atoms with E-state index in [1.165, 1.54) is 6.07 Å². The minimum absolute atomic E-state index is 0.0629. The van der Waals surface area contributed by atoms with Crippen LogP contribution in [0.25, 0.3) is 0 Å². The Bertz CT molecular complexity index is 743. The van der Waals surface area contributed by atoms with E-state index in [-0.39, 0.29) is 17.3 Å². The molecule has 2 atom stereocenters. The number of nitrogens with zero attached hydrogens (tertiary/aromatic N) is 2. The van der Waals surface area contributed by atoms with E-state index >= 15 is 0 Å². The van der Waals surface area contributed by atoms with Gasteiger partial charge in [-0.1, -0.05) is 6.92 Å². The summed E-state index contributed by atoms with van der Waals surface area (Å²) in [7, 11) is 0. The van der Waals surface area contributed by atoms with Crippen LogP contribution >= 0.6 is 0 Å². The number of nitro groups is 1. The molecule has 27 heavy (non-hydrogen) atoms. The summed E-state index contributed by atoms with van der Waals surface area (Å²) in [5.74, 6) is -1.06. The first kappa shape index (κ1) is 19.1.